The molecular weight excluding hydrogens is 346 g/mol. The van der Waals surface area contributed by atoms with Gasteiger partial charge in [-0.25, -0.2) is 8.42 Å². The lowest BCUT2D eigenvalue weighted by Gasteiger charge is -2.29. The van der Waals surface area contributed by atoms with Crippen molar-refractivity contribution < 1.29 is 22.7 Å². The number of ether oxygens (including phenoxy) is 2. The fourth-order valence-electron chi connectivity index (χ4n) is 3.12. The Hall–Kier alpha value is -2.00. The molecule has 1 amide bonds. The predicted octanol–water partition coefficient (Wildman–Crippen LogP) is 1.08. The molecule has 0 aromatic heterocycles. The van der Waals surface area contributed by atoms with Gasteiger partial charge in [0.05, 0.1) is 31.7 Å². The largest absolute Gasteiger partial charge is 0.493 e. The number of hydrogen-bond acceptors (Lipinski definition) is 6. The van der Waals surface area contributed by atoms with E-state index in [1.807, 2.05) is 0 Å². The van der Waals surface area contributed by atoms with Gasteiger partial charge in [-0.1, -0.05) is 12.8 Å². The molecule has 0 heterocycles. The molecule has 0 atom stereocenters. The van der Waals surface area contributed by atoms with Crippen LogP contribution in [0.5, 0.6) is 11.5 Å². The van der Waals surface area contributed by atoms with Crippen molar-refractivity contribution in [2.75, 3.05) is 31.7 Å². The molecule has 4 N–H and O–H groups in total. The maximum absolute atomic E-state index is 12.7. The minimum absolute atomic E-state index is 0.141. The van der Waals surface area contributed by atoms with E-state index in [0.29, 0.717) is 6.54 Å². The highest BCUT2D eigenvalue weighted by atomic mass is 32.2. The van der Waals surface area contributed by atoms with Crippen molar-refractivity contribution in [2.45, 2.75) is 31.2 Å². The molecule has 8 nitrogen and oxygen atoms in total. The monoisotopic (exact) mass is 371 g/mol. The molecule has 1 aromatic rings. The van der Waals surface area contributed by atoms with Crippen LogP contribution in [-0.2, 0) is 10.0 Å². The Balaban J connectivity index is 2.39. The van der Waals surface area contributed by atoms with E-state index in [2.05, 4.69) is 10.0 Å². The van der Waals surface area contributed by atoms with Gasteiger partial charge in [0.1, 0.15) is 0 Å². The minimum Gasteiger partial charge on any atom is -0.493 e. The number of nitrogens with two attached hydrogens (primary N) is 1. The number of amides is 1. The van der Waals surface area contributed by atoms with E-state index in [1.165, 1.54) is 26.4 Å². The summed E-state index contributed by atoms with van der Waals surface area (Å²) in [6, 6.07) is 2.94. The van der Waals surface area contributed by atoms with E-state index >= 15 is 0 Å². The maximum Gasteiger partial charge on any atom is 0.251 e. The molecule has 25 heavy (non-hydrogen) atoms. The van der Waals surface area contributed by atoms with Crippen molar-refractivity contribution in [2.24, 2.45) is 5.73 Å². The molecule has 2 rings (SSSR count). The summed E-state index contributed by atoms with van der Waals surface area (Å²) in [4.78, 5) is 12.7. The zero-order valence-electron chi connectivity index (χ0n) is 14.7. The Morgan fingerprint density at radius 2 is 1.88 bits per heavy atom. The summed E-state index contributed by atoms with van der Waals surface area (Å²) in [6.45, 7) is 0.362. The van der Waals surface area contributed by atoms with Crippen molar-refractivity contribution in [1.29, 1.82) is 0 Å². The standard InChI is InChI=1S/C16H25N3O5S/c1-23-13-9-11(8-12(14(13)24-2)19-25(3,21)22)15(20)18-16(10-17)6-4-5-7-16/h8-9,19H,4-7,10,17H2,1-3H3,(H,18,20). The van der Waals surface area contributed by atoms with Crippen molar-refractivity contribution in [1.82, 2.24) is 5.32 Å². The Labute approximate surface area is 148 Å². The molecule has 1 saturated carbocycles. The fourth-order valence-corrected chi connectivity index (χ4v) is 3.67. The summed E-state index contributed by atoms with van der Waals surface area (Å²) < 4.78 is 36.0. The van der Waals surface area contributed by atoms with Crippen LogP contribution in [0.2, 0.25) is 0 Å². The third-order valence-corrected chi connectivity index (χ3v) is 4.96. The number of nitrogens with one attached hydrogen (secondary N) is 2. The van der Waals surface area contributed by atoms with Crippen LogP contribution in [0.1, 0.15) is 36.0 Å². The minimum atomic E-state index is -3.55. The molecule has 1 aromatic carbocycles. The fraction of sp³-hybridized carbons (Fsp3) is 0.562. The van der Waals surface area contributed by atoms with Crippen LogP contribution >= 0.6 is 0 Å². The van der Waals surface area contributed by atoms with Gasteiger partial charge in [0, 0.05) is 12.1 Å². The molecule has 0 bridgehead atoms. The van der Waals surface area contributed by atoms with E-state index in [4.69, 9.17) is 15.2 Å². The Bertz CT molecular complexity index is 742. The topological polar surface area (TPSA) is 120 Å². The number of carbonyl (C=O) groups excluding carboxylic acids is 1. The SMILES string of the molecule is COc1cc(C(=O)NC2(CN)CCCC2)cc(NS(C)(=O)=O)c1OC. The summed E-state index contributed by atoms with van der Waals surface area (Å²) in [7, 11) is -0.739. The van der Waals surface area contributed by atoms with Crippen LogP contribution < -0.4 is 25.2 Å². The van der Waals surface area contributed by atoms with Crippen LogP contribution in [0.25, 0.3) is 0 Å². The highest BCUT2D eigenvalue weighted by Gasteiger charge is 2.34. The van der Waals surface area contributed by atoms with Gasteiger partial charge in [-0.2, -0.15) is 0 Å². The molecular formula is C16H25N3O5S. The van der Waals surface area contributed by atoms with Crippen LogP contribution in [0.15, 0.2) is 12.1 Å². The molecule has 0 aliphatic heterocycles. The first kappa shape index (κ1) is 19.3. The van der Waals surface area contributed by atoms with Gasteiger partial charge in [0.25, 0.3) is 5.91 Å². The molecule has 1 aliphatic carbocycles. The van der Waals surface area contributed by atoms with Crippen LogP contribution in [0.3, 0.4) is 0 Å². The summed E-state index contributed by atoms with van der Waals surface area (Å²) >= 11 is 0. The highest BCUT2D eigenvalue weighted by molar-refractivity contribution is 7.92. The molecule has 0 saturated heterocycles. The van der Waals surface area contributed by atoms with E-state index in [1.54, 1.807) is 0 Å². The van der Waals surface area contributed by atoms with Gasteiger partial charge in [0.2, 0.25) is 10.0 Å². The van der Waals surface area contributed by atoms with Gasteiger partial charge in [-0.05, 0) is 25.0 Å². The second-order valence-corrected chi connectivity index (χ2v) is 8.03. The Morgan fingerprint density at radius 3 is 2.36 bits per heavy atom. The van der Waals surface area contributed by atoms with Gasteiger partial charge < -0.3 is 20.5 Å². The summed E-state index contributed by atoms with van der Waals surface area (Å²) in [5.41, 5.74) is 5.86. The van der Waals surface area contributed by atoms with Crippen LogP contribution in [-0.4, -0.2) is 46.9 Å². The predicted molar refractivity (Wildman–Crippen MR) is 95.7 cm³/mol. The molecule has 140 valence electrons. The van der Waals surface area contributed by atoms with Gasteiger partial charge in [-0.15, -0.1) is 0 Å². The summed E-state index contributed by atoms with van der Waals surface area (Å²) in [6.07, 6.45) is 4.72. The summed E-state index contributed by atoms with van der Waals surface area (Å²) in [5.74, 6) is 0.137. The molecule has 0 spiro atoms. The lowest BCUT2D eigenvalue weighted by molar-refractivity contribution is 0.0902. The molecule has 1 aliphatic rings. The van der Waals surface area contributed by atoms with Crippen LogP contribution in [0.4, 0.5) is 5.69 Å². The van der Waals surface area contributed by atoms with E-state index in [-0.39, 0.29) is 28.7 Å². The number of hydrogen-bond donors (Lipinski definition) is 3. The Morgan fingerprint density at radius 1 is 1.24 bits per heavy atom. The van der Waals surface area contributed by atoms with Crippen molar-refractivity contribution in [3.05, 3.63) is 17.7 Å². The second-order valence-electron chi connectivity index (χ2n) is 6.28. The first-order valence-corrected chi connectivity index (χ1v) is 9.89. The van der Waals surface area contributed by atoms with Gasteiger partial charge >= 0.3 is 0 Å². The third kappa shape index (κ3) is 4.55. The van der Waals surface area contributed by atoms with Crippen molar-refractivity contribution >= 4 is 21.6 Å². The number of carbonyl (C=O) groups is 1. The molecule has 0 radical (unpaired) electrons. The van der Waals surface area contributed by atoms with E-state index in [0.717, 1.165) is 31.9 Å². The highest BCUT2D eigenvalue weighted by Crippen LogP contribution is 2.37. The number of methoxy groups -OCH3 is 2. The smallest absolute Gasteiger partial charge is 0.251 e. The Kier molecular flexibility index (Phi) is 5.79. The normalized spacial score (nSPS) is 16.3. The maximum atomic E-state index is 12.7. The van der Waals surface area contributed by atoms with Gasteiger partial charge in [0.15, 0.2) is 11.5 Å². The van der Waals surface area contributed by atoms with E-state index < -0.39 is 15.6 Å². The third-order valence-electron chi connectivity index (χ3n) is 4.37. The number of benzene rings is 1. The molecule has 0 unspecified atom stereocenters. The number of anilines is 1. The summed E-state index contributed by atoms with van der Waals surface area (Å²) in [5, 5.41) is 3.00. The quantitative estimate of drug-likeness (QED) is 0.660. The lowest BCUT2D eigenvalue weighted by Crippen LogP contribution is -2.51. The number of rotatable bonds is 7. The number of sulfonamides is 1. The molecule has 1 fully saturated rings. The van der Waals surface area contributed by atoms with Crippen molar-refractivity contribution in [3.8, 4) is 11.5 Å². The first-order valence-electron chi connectivity index (χ1n) is 8.00. The first-order chi connectivity index (χ1) is 11.7. The molecule has 9 heteroatoms. The van der Waals surface area contributed by atoms with Crippen molar-refractivity contribution in [3.63, 3.8) is 0 Å². The zero-order chi connectivity index (χ0) is 18.7. The average molecular weight is 371 g/mol. The lowest BCUT2D eigenvalue weighted by atomic mass is 9.97. The average Bonchev–Trinajstić information content (AvgIpc) is 3.01. The second kappa shape index (κ2) is 7.49. The van der Waals surface area contributed by atoms with Crippen LogP contribution in [0, 0.1) is 0 Å². The zero-order valence-corrected chi connectivity index (χ0v) is 15.5. The van der Waals surface area contributed by atoms with Gasteiger partial charge in [-0.3, -0.25) is 9.52 Å². The van der Waals surface area contributed by atoms with E-state index in [9.17, 15) is 13.2 Å².